The van der Waals surface area contributed by atoms with E-state index < -0.39 is 149 Å². The van der Waals surface area contributed by atoms with E-state index in [2.05, 4.69) is 45.1 Å². The lowest BCUT2D eigenvalue weighted by molar-refractivity contribution is -0.147. The Kier molecular flexibility index (Phi) is 22.4. The molecule has 6 aromatic rings. The average Bonchev–Trinajstić information content (AvgIpc) is 0.765. The number of halogens is 2. The van der Waals surface area contributed by atoms with Crippen molar-refractivity contribution in [1.82, 2.24) is 36.8 Å². The van der Waals surface area contributed by atoms with Crippen LogP contribution in [0, 0.1) is 5.92 Å². The molecule has 5 aliphatic rings. The zero-order valence-corrected chi connectivity index (χ0v) is 54.3. The molecule has 11 rings (SSSR count). The van der Waals surface area contributed by atoms with Gasteiger partial charge in [-0.3, -0.25) is 38.5 Å². The number of aromatic hydroxyl groups is 3. The normalized spacial score (nSPS) is 20.2. The summed E-state index contributed by atoms with van der Waals surface area (Å²) in [6, 6.07) is 7.49. The molecule has 5 aliphatic heterocycles. The molecule has 13 N–H and O–H groups in total. The van der Waals surface area contributed by atoms with Gasteiger partial charge in [0.05, 0.1) is 23.6 Å². The summed E-state index contributed by atoms with van der Waals surface area (Å²) in [4.78, 5) is 133. The molecule has 0 saturated heterocycles. The zero-order chi connectivity index (χ0) is 71.0. The first-order valence-electron chi connectivity index (χ1n) is 30.2. The molecule has 6 aromatic carbocycles. The number of nitrogens with zero attached hydrogens (tertiary/aromatic N) is 1. The van der Waals surface area contributed by atoms with Crippen LogP contribution in [0.25, 0.3) is 11.1 Å². The third kappa shape index (κ3) is 16.1. The van der Waals surface area contributed by atoms with Gasteiger partial charge in [-0.05, 0) is 107 Å². The van der Waals surface area contributed by atoms with Crippen molar-refractivity contribution < 1.29 is 97.1 Å². The standard InChI is InChI=1S/C68H68Cl2N8O20/c1-7-19-94-67(91)55-40-27-37(79)28-46(81)52(40)39-22-33(11-16-45(39)80)53-63(87)77-57(66(90)75-55)59(84)35-13-18-48(42(70)24-35)98-50-26-36-25-49(60(50)96-30-32-9-14-38(93-6)15-10-32)97-47-17-12-34(23-41(47)69)58(83)56(76-62(86)44(21-31(3)4)78(5)68(92)95-20-8-2)65(89)72-43(29-51(71)82)61(85)73-54(36)64(88)74-53/h7-18,22-28,31,43-44,53-59,79-81,83-84H,1-2,19-21,29-30H2,3-6H3,(H2,71,82)(H,72,89)(H,73,85)(H,74,88)(H,75,90)(H,76,86)(H,77,87)/t43-,44+,53+,54+,55?,56+,57-,58+,59+/m0/s1. The first-order chi connectivity index (χ1) is 46.7. The van der Waals surface area contributed by atoms with Gasteiger partial charge in [-0.15, -0.1) is 0 Å². The third-order valence-corrected chi connectivity index (χ3v) is 16.5. The second-order valence-electron chi connectivity index (χ2n) is 23.2. The Bertz CT molecular complexity index is 4150. The molecular weight excluding hydrogens is 1320 g/mol. The highest BCUT2D eigenvalue weighted by Gasteiger charge is 2.43. The maximum atomic E-state index is 15.9. The molecular formula is C68H68Cl2N8O20. The fraction of sp³-hybridized carbons (Fsp3) is 0.279. The predicted molar refractivity (Wildman–Crippen MR) is 350 cm³/mol. The molecule has 30 heteroatoms. The molecule has 28 nitrogen and oxygen atoms in total. The summed E-state index contributed by atoms with van der Waals surface area (Å²) >= 11 is 14.1. The number of nitrogens with two attached hydrogens (primary N) is 1. The number of nitrogens with one attached hydrogen (secondary N) is 6. The van der Waals surface area contributed by atoms with Crippen LogP contribution in [0.1, 0.15) is 90.4 Å². The Morgan fingerprint density at radius 2 is 1.27 bits per heavy atom. The summed E-state index contributed by atoms with van der Waals surface area (Å²) in [6.07, 6.45) is -3.72. The van der Waals surface area contributed by atoms with Crippen LogP contribution in [0.3, 0.4) is 0 Å². The molecule has 0 saturated carbocycles. The highest BCUT2D eigenvalue weighted by molar-refractivity contribution is 6.32. The maximum absolute atomic E-state index is 15.9. The molecule has 8 amide bonds. The van der Waals surface area contributed by atoms with Gasteiger partial charge in [-0.2, -0.15) is 0 Å². The first-order valence-corrected chi connectivity index (χ1v) is 31.0. The van der Waals surface area contributed by atoms with E-state index in [1.165, 1.54) is 74.8 Å². The Labute approximate surface area is 569 Å². The van der Waals surface area contributed by atoms with Gasteiger partial charge in [0, 0.05) is 29.8 Å². The third-order valence-electron chi connectivity index (χ3n) is 15.9. The van der Waals surface area contributed by atoms with Crippen LogP contribution in [-0.4, -0.2) is 135 Å². The van der Waals surface area contributed by atoms with E-state index in [1.54, 1.807) is 38.1 Å². The molecule has 5 heterocycles. The fourth-order valence-corrected chi connectivity index (χ4v) is 11.4. The molecule has 11 bridgehead atoms. The molecule has 0 aliphatic carbocycles. The number of esters is 1. The van der Waals surface area contributed by atoms with E-state index in [0.717, 1.165) is 35.2 Å². The highest BCUT2D eigenvalue weighted by Crippen LogP contribution is 2.49. The van der Waals surface area contributed by atoms with Crippen LogP contribution in [0.15, 0.2) is 128 Å². The first kappa shape index (κ1) is 71.2. The van der Waals surface area contributed by atoms with Crippen molar-refractivity contribution in [2.24, 2.45) is 11.7 Å². The van der Waals surface area contributed by atoms with E-state index in [4.69, 9.17) is 57.4 Å². The number of phenols is 3. The number of carbonyl (C=O) groups excluding carboxylic acids is 9. The number of aliphatic hydroxyl groups excluding tert-OH is 2. The van der Waals surface area contributed by atoms with Crippen LogP contribution in [0.5, 0.6) is 51.7 Å². The number of primary amides is 1. The Morgan fingerprint density at radius 1 is 0.673 bits per heavy atom. The lowest BCUT2D eigenvalue weighted by Crippen LogP contribution is -2.59. The molecule has 0 radical (unpaired) electrons. The number of amides is 8. The minimum absolute atomic E-state index is 0.0195. The van der Waals surface area contributed by atoms with E-state index in [0.29, 0.717) is 11.3 Å². The van der Waals surface area contributed by atoms with Crippen molar-refractivity contribution in [2.45, 2.75) is 87.8 Å². The van der Waals surface area contributed by atoms with Crippen LogP contribution < -0.4 is 56.6 Å². The van der Waals surface area contributed by atoms with E-state index in [1.807, 2.05) is 0 Å². The SMILES string of the molecule is C=CCOC(=O)C1NC(=O)[C@H]2NC(=O)[C@H](NC(=O)[C@@H]3NC(=O)[C@H](CC(N)=O)NC(=O)[C@H](NC(=O)[C@@H](CC(C)C)N(C)C(=O)OCC=C)[C@H](O)c4ccc(c(Cl)c4)Oc4cc3cc(c4OCc3ccc(OC)cc3)Oc3ccc(cc3Cl)[C@H]2O)c2ccc(O)c(c2)-c2c(O)cc(O)cc21. The molecule has 0 fully saturated rings. The molecule has 0 spiro atoms. The van der Waals surface area contributed by atoms with Crippen molar-refractivity contribution in [2.75, 3.05) is 27.4 Å². The van der Waals surface area contributed by atoms with Gasteiger partial charge in [0.15, 0.2) is 17.5 Å². The number of benzene rings is 6. The molecule has 9 atom stereocenters. The predicted octanol–water partition coefficient (Wildman–Crippen LogP) is 5.96. The fourth-order valence-electron chi connectivity index (χ4n) is 11.0. The van der Waals surface area contributed by atoms with Gasteiger partial charge < -0.3 is 91.6 Å². The minimum Gasteiger partial charge on any atom is -0.508 e. The quantitative estimate of drug-likeness (QED) is 0.0393. The molecule has 98 heavy (non-hydrogen) atoms. The summed E-state index contributed by atoms with van der Waals surface area (Å²) in [5, 5.41) is 73.3. The van der Waals surface area contributed by atoms with Gasteiger partial charge in [-0.1, -0.05) is 92.7 Å². The van der Waals surface area contributed by atoms with Gasteiger partial charge in [-0.25, -0.2) is 9.59 Å². The van der Waals surface area contributed by atoms with Crippen molar-refractivity contribution >= 4 is 76.6 Å². The lowest BCUT2D eigenvalue weighted by Gasteiger charge is -2.32. The van der Waals surface area contributed by atoms with Crippen LogP contribution in [0.2, 0.25) is 10.0 Å². The van der Waals surface area contributed by atoms with Crippen molar-refractivity contribution in [3.63, 3.8) is 0 Å². The van der Waals surface area contributed by atoms with Crippen molar-refractivity contribution in [3.05, 3.63) is 172 Å². The second-order valence-corrected chi connectivity index (χ2v) is 24.0. The zero-order valence-electron chi connectivity index (χ0n) is 52.8. The van der Waals surface area contributed by atoms with Crippen molar-refractivity contribution in [1.29, 1.82) is 0 Å². The van der Waals surface area contributed by atoms with Gasteiger partial charge >= 0.3 is 12.1 Å². The van der Waals surface area contributed by atoms with Crippen LogP contribution >= 0.6 is 23.2 Å². The van der Waals surface area contributed by atoms with E-state index in [9.17, 15) is 49.5 Å². The van der Waals surface area contributed by atoms with Gasteiger partial charge in [0.25, 0.3) is 0 Å². The molecule has 1 unspecified atom stereocenters. The maximum Gasteiger partial charge on any atom is 0.410 e. The molecule has 514 valence electrons. The molecule has 0 aromatic heterocycles. The van der Waals surface area contributed by atoms with E-state index >= 15 is 19.2 Å². The average molecular weight is 1390 g/mol. The number of aliphatic hydroxyl groups is 2. The Hall–Kier alpha value is -11.1. The summed E-state index contributed by atoms with van der Waals surface area (Å²) in [7, 11) is 2.74. The summed E-state index contributed by atoms with van der Waals surface area (Å²) in [5.41, 5.74) is 4.22. The largest absolute Gasteiger partial charge is 0.508 e. The number of likely N-dealkylation sites (N-methyl/N-ethyl adjacent to an activating group) is 1. The van der Waals surface area contributed by atoms with Crippen LogP contribution in [0.4, 0.5) is 4.79 Å². The van der Waals surface area contributed by atoms with Gasteiger partial charge in [0.2, 0.25) is 47.1 Å². The van der Waals surface area contributed by atoms with E-state index in [-0.39, 0.29) is 92.2 Å². The van der Waals surface area contributed by atoms with Crippen molar-refractivity contribution in [3.8, 4) is 62.9 Å². The highest BCUT2D eigenvalue weighted by atomic mass is 35.5. The number of hydrogen-bond acceptors (Lipinski definition) is 20. The Morgan fingerprint density at radius 3 is 1.87 bits per heavy atom. The number of ether oxygens (including phenoxy) is 6. The number of fused-ring (bicyclic) bond motifs is 15. The number of phenolic OH excluding ortho intramolecular Hbond substituents is 3. The lowest BCUT2D eigenvalue weighted by atomic mass is 9.89. The second kappa shape index (κ2) is 30.8. The Balaban J connectivity index is 1.29. The monoisotopic (exact) mass is 1390 g/mol. The number of hydrogen-bond donors (Lipinski definition) is 12. The minimum atomic E-state index is -2.20. The number of rotatable bonds is 16. The summed E-state index contributed by atoms with van der Waals surface area (Å²) in [6.45, 7) is 9.67. The smallest absolute Gasteiger partial charge is 0.410 e. The topological polar surface area (TPSA) is 412 Å². The van der Waals surface area contributed by atoms with Crippen LogP contribution in [-0.2, 0) is 54.4 Å². The summed E-state index contributed by atoms with van der Waals surface area (Å²) in [5.74, 6) is -13.3. The van der Waals surface area contributed by atoms with Gasteiger partial charge in [0.1, 0.15) is 103 Å². The summed E-state index contributed by atoms with van der Waals surface area (Å²) < 4.78 is 35.7. The number of methoxy groups -OCH3 is 1. The number of carbonyl (C=O) groups is 9.